The van der Waals surface area contributed by atoms with Crippen molar-refractivity contribution in [3.05, 3.63) is 54.2 Å². The van der Waals surface area contributed by atoms with E-state index < -0.39 is 5.97 Å². The van der Waals surface area contributed by atoms with Gasteiger partial charge >= 0.3 is 5.97 Å². The average molecular weight is 337 g/mol. The molecular formula is C19H19N3O3. The van der Waals surface area contributed by atoms with Gasteiger partial charge in [0, 0.05) is 23.4 Å². The molecule has 2 heterocycles. The second-order valence-corrected chi connectivity index (χ2v) is 6.19. The number of fused-ring (bicyclic) bond motifs is 1. The highest BCUT2D eigenvalue weighted by Gasteiger charge is 2.18. The molecule has 0 aliphatic carbocycles. The van der Waals surface area contributed by atoms with E-state index in [-0.39, 0.29) is 11.8 Å². The quantitative estimate of drug-likeness (QED) is 0.747. The fraction of sp³-hybridized carbons (Fsp3) is 0.263. The normalized spacial score (nSPS) is 17.5. The summed E-state index contributed by atoms with van der Waals surface area (Å²) in [5.74, 6) is -0.926. The SMILES string of the molecule is O=C(O)c1ccc(Nc2ccc3c(cnn3C3CCCCO3)c2)cc1. The Balaban J connectivity index is 1.56. The maximum Gasteiger partial charge on any atom is 0.335 e. The smallest absolute Gasteiger partial charge is 0.335 e. The second kappa shape index (κ2) is 6.57. The van der Waals surface area contributed by atoms with Gasteiger partial charge in [0.15, 0.2) is 6.23 Å². The first-order chi connectivity index (χ1) is 12.2. The third kappa shape index (κ3) is 3.21. The van der Waals surface area contributed by atoms with E-state index in [1.165, 1.54) is 0 Å². The number of carboxylic acids is 1. The number of aromatic carboxylic acids is 1. The van der Waals surface area contributed by atoms with Gasteiger partial charge in [0.1, 0.15) is 0 Å². The van der Waals surface area contributed by atoms with Crippen LogP contribution in [-0.4, -0.2) is 27.5 Å². The van der Waals surface area contributed by atoms with Crippen molar-refractivity contribution in [2.45, 2.75) is 25.5 Å². The van der Waals surface area contributed by atoms with Gasteiger partial charge in [0.2, 0.25) is 0 Å². The van der Waals surface area contributed by atoms with Crippen LogP contribution in [0, 0.1) is 0 Å². The van der Waals surface area contributed by atoms with E-state index in [1.54, 1.807) is 24.3 Å². The van der Waals surface area contributed by atoms with Crippen molar-refractivity contribution in [2.24, 2.45) is 0 Å². The summed E-state index contributed by atoms with van der Waals surface area (Å²) in [6.45, 7) is 0.790. The summed E-state index contributed by atoms with van der Waals surface area (Å²) in [5.41, 5.74) is 3.10. The van der Waals surface area contributed by atoms with Crippen LogP contribution in [0.5, 0.6) is 0 Å². The number of nitrogens with one attached hydrogen (secondary N) is 1. The van der Waals surface area contributed by atoms with E-state index in [1.807, 2.05) is 29.1 Å². The lowest BCUT2D eigenvalue weighted by Crippen LogP contribution is -2.18. The predicted octanol–water partition coefficient (Wildman–Crippen LogP) is 4.18. The Morgan fingerprint density at radius 3 is 2.68 bits per heavy atom. The van der Waals surface area contributed by atoms with Crippen molar-refractivity contribution >= 4 is 28.2 Å². The molecule has 128 valence electrons. The fourth-order valence-corrected chi connectivity index (χ4v) is 3.14. The monoisotopic (exact) mass is 337 g/mol. The zero-order valence-electron chi connectivity index (χ0n) is 13.7. The van der Waals surface area contributed by atoms with Gasteiger partial charge in [-0.25, -0.2) is 9.48 Å². The van der Waals surface area contributed by atoms with Crippen LogP contribution in [0.15, 0.2) is 48.7 Å². The number of carboxylic acid groups (broad SMARTS) is 1. The molecule has 3 aromatic rings. The van der Waals surface area contributed by atoms with E-state index in [4.69, 9.17) is 9.84 Å². The first-order valence-electron chi connectivity index (χ1n) is 8.40. The van der Waals surface area contributed by atoms with Crippen molar-refractivity contribution < 1.29 is 14.6 Å². The zero-order valence-corrected chi connectivity index (χ0v) is 13.7. The third-order valence-corrected chi connectivity index (χ3v) is 4.44. The van der Waals surface area contributed by atoms with Crippen LogP contribution in [0.3, 0.4) is 0 Å². The number of aromatic nitrogens is 2. The van der Waals surface area contributed by atoms with Gasteiger partial charge in [-0.05, 0) is 61.7 Å². The van der Waals surface area contributed by atoms with E-state index in [0.29, 0.717) is 0 Å². The molecule has 0 amide bonds. The largest absolute Gasteiger partial charge is 0.478 e. The molecular weight excluding hydrogens is 318 g/mol. The van der Waals surface area contributed by atoms with Crippen molar-refractivity contribution in [2.75, 3.05) is 11.9 Å². The van der Waals surface area contributed by atoms with Gasteiger partial charge in [0.05, 0.1) is 17.3 Å². The molecule has 4 rings (SSSR count). The van der Waals surface area contributed by atoms with Gasteiger partial charge < -0.3 is 15.2 Å². The minimum absolute atomic E-state index is 0.0219. The lowest BCUT2D eigenvalue weighted by atomic mass is 10.1. The molecule has 0 radical (unpaired) electrons. The maximum atomic E-state index is 10.9. The van der Waals surface area contributed by atoms with Gasteiger partial charge in [-0.1, -0.05) is 0 Å². The predicted molar refractivity (Wildman–Crippen MR) is 95.3 cm³/mol. The van der Waals surface area contributed by atoms with Crippen molar-refractivity contribution in [3.63, 3.8) is 0 Å². The van der Waals surface area contributed by atoms with Gasteiger partial charge in [0.25, 0.3) is 0 Å². The molecule has 1 aromatic heterocycles. The molecule has 6 nitrogen and oxygen atoms in total. The van der Waals surface area contributed by atoms with Gasteiger partial charge in [-0.15, -0.1) is 0 Å². The summed E-state index contributed by atoms with van der Waals surface area (Å²) < 4.78 is 7.78. The minimum Gasteiger partial charge on any atom is -0.478 e. The lowest BCUT2D eigenvalue weighted by molar-refractivity contribution is -0.0366. The van der Waals surface area contributed by atoms with Crippen LogP contribution in [-0.2, 0) is 4.74 Å². The number of ether oxygens (including phenoxy) is 1. The van der Waals surface area contributed by atoms with Crippen LogP contribution in [0.25, 0.3) is 10.9 Å². The second-order valence-electron chi connectivity index (χ2n) is 6.19. The molecule has 1 fully saturated rings. The molecule has 2 aromatic carbocycles. The number of carbonyl (C=O) groups is 1. The number of anilines is 2. The number of hydrogen-bond donors (Lipinski definition) is 2. The molecule has 1 unspecified atom stereocenters. The van der Waals surface area contributed by atoms with Crippen molar-refractivity contribution in [3.8, 4) is 0 Å². The first-order valence-corrected chi connectivity index (χ1v) is 8.40. The summed E-state index contributed by atoms with van der Waals surface area (Å²) >= 11 is 0. The summed E-state index contributed by atoms with van der Waals surface area (Å²) in [6.07, 6.45) is 5.15. The molecule has 1 aliphatic rings. The van der Waals surface area contributed by atoms with Crippen LogP contribution >= 0.6 is 0 Å². The average Bonchev–Trinajstić information content (AvgIpc) is 3.06. The highest BCUT2D eigenvalue weighted by Crippen LogP contribution is 2.28. The van der Waals surface area contributed by atoms with Crippen LogP contribution < -0.4 is 5.32 Å². The molecule has 25 heavy (non-hydrogen) atoms. The van der Waals surface area contributed by atoms with Crippen LogP contribution in [0.2, 0.25) is 0 Å². The zero-order chi connectivity index (χ0) is 17.2. The van der Waals surface area contributed by atoms with E-state index in [2.05, 4.69) is 10.4 Å². The van der Waals surface area contributed by atoms with Gasteiger partial charge in [-0.2, -0.15) is 5.10 Å². The topological polar surface area (TPSA) is 76.4 Å². The third-order valence-electron chi connectivity index (χ3n) is 4.44. The molecule has 0 saturated carbocycles. The molecule has 1 aliphatic heterocycles. The fourth-order valence-electron chi connectivity index (χ4n) is 3.14. The maximum absolute atomic E-state index is 10.9. The Kier molecular flexibility index (Phi) is 4.11. The number of hydrogen-bond acceptors (Lipinski definition) is 4. The Labute approximate surface area is 145 Å². The minimum atomic E-state index is -0.926. The molecule has 0 bridgehead atoms. The molecule has 1 saturated heterocycles. The summed E-state index contributed by atoms with van der Waals surface area (Å²) in [7, 11) is 0. The number of nitrogens with zero attached hydrogens (tertiary/aromatic N) is 2. The summed E-state index contributed by atoms with van der Waals surface area (Å²) in [5, 5.41) is 17.8. The first kappa shape index (κ1) is 15.7. The van der Waals surface area contributed by atoms with Crippen molar-refractivity contribution in [1.29, 1.82) is 0 Å². The highest BCUT2D eigenvalue weighted by molar-refractivity contribution is 5.88. The Hall–Kier alpha value is -2.86. The summed E-state index contributed by atoms with van der Waals surface area (Å²) in [4.78, 5) is 10.9. The lowest BCUT2D eigenvalue weighted by Gasteiger charge is -2.23. The molecule has 2 N–H and O–H groups in total. The van der Waals surface area contributed by atoms with E-state index >= 15 is 0 Å². The van der Waals surface area contributed by atoms with Gasteiger partial charge in [-0.3, -0.25) is 0 Å². The highest BCUT2D eigenvalue weighted by atomic mass is 16.5. The molecule has 6 heteroatoms. The van der Waals surface area contributed by atoms with Crippen molar-refractivity contribution in [1.82, 2.24) is 9.78 Å². The Bertz CT molecular complexity index is 896. The van der Waals surface area contributed by atoms with E-state index in [0.717, 1.165) is 48.1 Å². The number of rotatable bonds is 4. The Morgan fingerprint density at radius 2 is 1.96 bits per heavy atom. The van der Waals surface area contributed by atoms with Crippen LogP contribution in [0.4, 0.5) is 11.4 Å². The summed E-state index contributed by atoms with van der Waals surface area (Å²) in [6, 6.07) is 12.7. The van der Waals surface area contributed by atoms with E-state index in [9.17, 15) is 4.79 Å². The molecule has 0 spiro atoms. The van der Waals surface area contributed by atoms with Crippen LogP contribution in [0.1, 0.15) is 35.8 Å². The molecule has 1 atom stereocenters. The standard InChI is InChI=1S/C19H19N3O3/c23-19(24)13-4-6-15(7-5-13)21-16-8-9-17-14(11-16)12-20-22(17)18-3-1-2-10-25-18/h4-9,11-12,18,21H,1-3,10H2,(H,23,24). The number of benzene rings is 2. The Morgan fingerprint density at radius 1 is 1.16 bits per heavy atom.